The van der Waals surface area contributed by atoms with E-state index in [9.17, 15) is 0 Å². The summed E-state index contributed by atoms with van der Waals surface area (Å²) in [6.45, 7) is 13.5. The van der Waals surface area contributed by atoms with Crippen LogP contribution in [0, 0.1) is 41.5 Å². The molecule has 0 amide bonds. The van der Waals surface area contributed by atoms with Gasteiger partial charge in [0.1, 0.15) is 0 Å². The first-order chi connectivity index (χ1) is 31.2. The van der Waals surface area contributed by atoms with E-state index in [1.807, 2.05) is 18.2 Å². The van der Waals surface area contributed by atoms with E-state index in [1.165, 1.54) is 60.8 Å². The van der Waals surface area contributed by atoms with E-state index >= 15 is 0 Å². The lowest BCUT2D eigenvalue weighted by atomic mass is 9.75. The number of nitrogens with zero attached hydrogens (tertiary/aromatic N) is 4. The minimum Gasteiger partial charge on any atom is -0.278 e. The number of aromatic nitrogens is 3. The molecule has 10 rings (SSSR count). The van der Waals surface area contributed by atoms with Gasteiger partial charge in [0.2, 0.25) is 5.95 Å². The van der Waals surface area contributed by atoms with Crippen molar-refractivity contribution in [2.45, 2.75) is 47.5 Å². The van der Waals surface area contributed by atoms with E-state index in [0.717, 1.165) is 44.4 Å². The Morgan fingerprint density at radius 3 is 1.55 bits per heavy atom. The first-order valence-corrected chi connectivity index (χ1v) is 22.1. The molecule has 0 N–H and O–H groups in total. The van der Waals surface area contributed by atoms with Crippen LogP contribution in [0.3, 0.4) is 0 Å². The van der Waals surface area contributed by atoms with Crippen LogP contribution in [-0.4, -0.2) is 15.0 Å². The van der Waals surface area contributed by atoms with Gasteiger partial charge >= 0.3 is 0 Å². The highest BCUT2D eigenvalue weighted by atomic mass is 15.3. The van der Waals surface area contributed by atoms with Gasteiger partial charge in [-0.1, -0.05) is 175 Å². The maximum atomic E-state index is 5.42. The minimum absolute atomic E-state index is 0.00336. The van der Waals surface area contributed by atoms with E-state index in [-0.39, 0.29) is 5.92 Å². The van der Waals surface area contributed by atoms with Gasteiger partial charge in [-0.3, -0.25) is 4.90 Å². The Morgan fingerprint density at radius 1 is 0.375 bits per heavy atom. The Hall–Kier alpha value is -7.69. The molecule has 9 aromatic carbocycles. The Kier molecular flexibility index (Phi) is 10.7. The fraction of sp³-hybridized carbons (Fsp3) is 0.117. The molecule has 64 heavy (non-hydrogen) atoms. The van der Waals surface area contributed by atoms with E-state index in [1.54, 1.807) is 0 Å². The van der Waals surface area contributed by atoms with Gasteiger partial charge in [-0.2, -0.15) is 9.97 Å². The van der Waals surface area contributed by atoms with E-state index < -0.39 is 0 Å². The third-order valence-electron chi connectivity index (χ3n) is 12.6. The van der Waals surface area contributed by atoms with Crippen LogP contribution in [0.5, 0.6) is 0 Å². The summed E-state index contributed by atoms with van der Waals surface area (Å²) in [4.78, 5) is 18.2. The summed E-state index contributed by atoms with van der Waals surface area (Å²) < 4.78 is 0. The second kappa shape index (κ2) is 16.9. The summed E-state index contributed by atoms with van der Waals surface area (Å²) in [5, 5.41) is 4.58. The molecule has 0 fully saturated rings. The lowest BCUT2D eigenvalue weighted by molar-refractivity contribution is 0.927. The molecule has 0 radical (unpaired) electrons. The average molecular weight is 827 g/mol. The van der Waals surface area contributed by atoms with E-state index in [0.29, 0.717) is 17.6 Å². The Balaban J connectivity index is 1.26. The zero-order valence-corrected chi connectivity index (χ0v) is 37.3. The standard InChI is InChI=1S/C60H50N4/c1-38-32-40(3)55(41(4)33-38)57(56-42(5)34-39(2)35-43(56)6)53-30-31-54(52-27-16-15-26-51(52)53)64(50-25-17-24-48(37-50)44-18-9-7-10-19-44)60-62-58(46-21-11-8-12-22-46)61-59(63-60)49-29-28-45-20-13-14-23-47(45)36-49/h7-37,57H,1-6H3. The van der Waals surface area contributed by atoms with Gasteiger partial charge in [0.05, 0.1) is 5.69 Å². The number of fused-ring (bicyclic) bond motifs is 2. The number of aryl methyl sites for hydroxylation is 6. The molecular formula is C60H50N4. The molecule has 310 valence electrons. The van der Waals surface area contributed by atoms with Crippen LogP contribution in [-0.2, 0) is 0 Å². The van der Waals surface area contributed by atoms with Crippen LogP contribution in [0.1, 0.15) is 56.0 Å². The normalized spacial score (nSPS) is 11.4. The summed E-state index contributed by atoms with van der Waals surface area (Å²) in [6, 6.07) is 67.2. The van der Waals surface area contributed by atoms with Gasteiger partial charge in [0.15, 0.2) is 11.6 Å². The summed E-state index contributed by atoms with van der Waals surface area (Å²) in [6.07, 6.45) is 0. The second-order valence-electron chi connectivity index (χ2n) is 17.2. The van der Waals surface area contributed by atoms with Crippen LogP contribution < -0.4 is 4.90 Å². The van der Waals surface area contributed by atoms with Crippen molar-refractivity contribution in [1.82, 2.24) is 15.0 Å². The molecule has 1 aromatic heterocycles. The number of benzene rings is 9. The van der Waals surface area contributed by atoms with Gasteiger partial charge < -0.3 is 0 Å². The lowest BCUT2D eigenvalue weighted by Gasteiger charge is -2.30. The second-order valence-corrected chi connectivity index (χ2v) is 17.2. The summed E-state index contributed by atoms with van der Waals surface area (Å²) >= 11 is 0. The molecule has 0 aliphatic rings. The molecule has 0 saturated carbocycles. The van der Waals surface area contributed by atoms with Crippen LogP contribution in [0.25, 0.3) is 55.4 Å². The largest absolute Gasteiger partial charge is 0.278 e. The zero-order chi connectivity index (χ0) is 43.9. The average Bonchev–Trinajstić information content (AvgIpc) is 3.31. The van der Waals surface area contributed by atoms with Gasteiger partial charge in [-0.15, -0.1) is 0 Å². The van der Waals surface area contributed by atoms with E-state index in [4.69, 9.17) is 15.0 Å². The highest BCUT2D eigenvalue weighted by Crippen LogP contribution is 2.46. The number of rotatable bonds is 9. The van der Waals surface area contributed by atoms with Crippen molar-refractivity contribution in [2.75, 3.05) is 4.90 Å². The number of anilines is 3. The van der Waals surface area contributed by atoms with Crippen molar-refractivity contribution >= 4 is 38.9 Å². The van der Waals surface area contributed by atoms with Gasteiger partial charge in [0, 0.05) is 28.1 Å². The molecule has 10 aromatic rings. The Morgan fingerprint density at radius 2 is 0.906 bits per heavy atom. The maximum Gasteiger partial charge on any atom is 0.238 e. The molecule has 4 nitrogen and oxygen atoms in total. The van der Waals surface area contributed by atoms with Crippen molar-refractivity contribution in [1.29, 1.82) is 0 Å². The molecule has 1 heterocycles. The lowest BCUT2D eigenvalue weighted by Crippen LogP contribution is -2.17. The Labute approximate surface area is 376 Å². The van der Waals surface area contributed by atoms with Crippen molar-refractivity contribution in [3.8, 4) is 33.9 Å². The van der Waals surface area contributed by atoms with Crippen molar-refractivity contribution in [3.63, 3.8) is 0 Å². The molecule has 4 heteroatoms. The molecule has 0 aliphatic carbocycles. The van der Waals surface area contributed by atoms with Crippen molar-refractivity contribution in [2.24, 2.45) is 0 Å². The predicted molar refractivity (Wildman–Crippen MR) is 268 cm³/mol. The smallest absolute Gasteiger partial charge is 0.238 e. The van der Waals surface area contributed by atoms with E-state index in [2.05, 4.69) is 216 Å². The number of hydrogen-bond donors (Lipinski definition) is 0. The molecule has 0 spiro atoms. The van der Waals surface area contributed by atoms with Gasteiger partial charge in [-0.25, -0.2) is 4.98 Å². The highest BCUT2D eigenvalue weighted by molar-refractivity contribution is 6.01. The van der Waals surface area contributed by atoms with Crippen molar-refractivity contribution < 1.29 is 0 Å². The highest BCUT2D eigenvalue weighted by Gasteiger charge is 2.29. The summed E-state index contributed by atoms with van der Waals surface area (Å²) in [7, 11) is 0. The molecule has 0 aliphatic heterocycles. The third kappa shape index (κ3) is 7.62. The van der Waals surface area contributed by atoms with Crippen LogP contribution in [0.2, 0.25) is 0 Å². The summed E-state index contributed by atoms with van der Waals surface area (Å²) in [5.41, 5.74) is 17.7. The molecule has 0 atom stereocenters. The SMILES string of the molecule is Cc1cc(C)c(C(c2c(C)cc(C)cc2C)c2ccc(N(c3cccc(-c4ccccc4)c3)c3nc(-c4ccccc4)nc(-c4ccc5ccccc5c4)n3)c3ccccc23)c(C)c1. The predicted octanol–water partition coefficient (Wildman–Crippen LogP) is 15.7. The maximum absolute atomic E-state index is 5.42. The van der Waals surface area contributed by atoms with Crippen LogP contribution >= 0.6 is 0 Å². The summed E-state index contributed by atoms with van der Waals surface area (Å²) in [5.74, 6) is 1.74. The fourth-order valence-corrected chi connectivity index (χ4v) is 9.96. The van der Waals surface area contributed by atoms with Gasteiger partial charge in [-0.05, 0) is 132 Å². The zero-order valence-electron chi connectivity index (χ0n) is 37.3. The fourth-order valence-electron chi connectivity index (χ4n) is 9.96. The van der Waals surface area contributed by atoms with Crippen molar-refractivity contribution in [3.05, 3.63) is 238 Å². The molecular weight excluding hydrogens is 777 g/mol. The quantitative estimate of drug-likeness (QED) is 0.136. The minimum atomic E-state index is -0.00336. The van der Waals surface area contributed by atoms with Crippen LogP contribution in [0.4, 0.5) is 17.3 Å². The third-order valence-corrected chi connectivity index (χ3v) is 12.6. The first kappa shape index (κ1) is 40.4. The molecule has 0 saturated heterocycles. The first-order valence-electron chi connectivity index (χ1n) is 22.1. The molecule has 0 bridgehead atoms. The van der Waals surface area contributed by atoms with Gasteiger partial charge in [0.25, 0.3) is 0 Å². The Bertz CT molecular complexity index is 3250. The van der Waals surface area contributed by atoms with Crippen LogP contribution in [0.15, 0.2) is 188 Å². The number of hydrogen-bond acceptors (Lipinski definition) is 4. The topological polar surface area (TPSA) is 41.9 Å². The monoisotopic (exact) mass is 826 g/mol. The molecule has 0 unspecified atom stereocenters.